The standard InChI is InChI=1S/C20H17ClN4O2S/c1-20(18(26)22-15-8-4-5-9-16(15)28-20)19(27)23-17-10-11-25(24-17)12-13-6-2-3-7-14(13)21/h2-11H,12H2,1H3,(H,22,26)(H,23,24,27). The Labute approximate surface area is 171 Å². The lowest BCUT2D eigenvalue weighted by Crippen LogP contribution is -2.49. The lowest BCUT2D eigenvalue weighted by molar-refractivity contribution is -0.126. The number of fused-ring (bicyclic) bond motifs is 1. The van der Waals surface area contributed by atoms with Gasteiger partial charge in [-0.3, -0.25) is 14.3 Å². The third kappa shape index (κ3) is 3.50. The van der Waals surface area contributed by atoms with Crippen molar-refractivity contribution in [3.63, 3.8) is 0 Å². The Hall–Kier alpha value is -2.77. The summed E-state index contributed by atoms with van der Waals surface area (Å²) in [6.45, 7) is 2.09. The average molecular weight is 413 g/mol. The highest BCUT2D eigenvalue weighted by molar-refractivity contribution is 8.02. The molecule has 1 atom stereocenters. The summed E-state index contributed by atoms with van der Waals surface area (Å²) in [6, 6.07) is 16.6. The van der Waals surface area contributed by atoms with Crippen LogP contribution in [0.15, 0.2) is 65.7 Å². The first kappa shape index (κ1) is 18.6. The van der Waals surface area contributed by atoms with Crippen LogP contribution in [0.1, 0.15) is 12.5 Å². The number of benzene rings is 2. The van der Waals surface area contributed by atoms with Crippen LogP contribution in [-0.4, -0.2) is 26.3 Å². The number of hydrogen-bond donors (Lipinski definition) is 2. The highest BCUT2D eigenvalue weighted by atomic mass is 35.5. The van der Waals surface area contributed by atoms with Crippen molar-refractivity contribution in [2.75, 3.05) is 10.6 Å². The molecule has 0 saturated carbocycles. The van der Waals surface area contributed by atoms with E-state index in [-0.39, 0.29) is 5.91 Å². The first-order chi connectivity index (χ1) is 13.5. The summed E-state index contributed by atoms with van der Waals surface area (Å²) in [7, 11) is 0. The number of nitrogens with one attached hydrogen (secondary N) is 2. The molecule has 6 nitrogen and oxygen atoms in total. The zero-order valence-electron chi connectivity index (χ0n) is 15.0. The largest absolute Gasteiger partial charge is 0.323 e. The van der Waals surface area contributed by atoms with Crippen molar-refractivity contribution in [1.82, 2.24) is 9.78 Å². The van der Waals surface area contributed by atoms with Crippen molar-refractivity contribution in [3.8, 4) is 0 Å². The summed E-state index contributed by atoms with van der Waals surface area (Å²) >= 11 is 7.41. The predicted molar refractivity (Wildman–Crippen MR) is 111 cm³/mol. The van der Waals surface area contributed by atoms with Crippen LogP contribution in [0, 0.1) is 0 Å². The van der Waals surface area contributed by atoms with Crippen LogP contribution in [-0.2, 0) is 16.1 Å². The number of aromatic nitrogens is 2. The molecule has 0 fully saturated rings. The molecule has 2 heterocycles. The number of anilines is 2. The number of nitrogens with zero attached hydrogens (tertiary/aromatic N) is 2. The van der Waals surface area contributed by atoms with Crippen molar-refractivity contribution in [2.24, 2.45) is 0 Å². The van der Waals surface area contributed by atoms with Crippen LogP contribution in [0.2, 0.25) is 5.02 Å². The topological polar surface area (TPSA) is 76.0 Å². The number of amides is 2. The lowest BCUT2D eigenvalue weighted by atomic mass is 10.1. The van der Waals surface area contributed by atoms with Crippen molar-refractivity contribution < 1.29 is 9.59 Å². The third-order valence-corrected chi connectivity index (χ3v) is 6.21. The molecule has 4 rings (SSSR count). The van der Waals surface area contributed by atoms with Gasteiger partial charge in [-0.05, 0) is 30.7 Å². The summed E-state index contributed by atoms with van der Waals surface area (Å²) in [5.74, 6) is -0.401. The molecular weight excluding hydrogens is 396 g/mol. The molecule has 0 bridgehead atoms. The fourth-order valence-electron chi connectivity index (χ4n) is 2.87. The van der Waals surface area contributed by atoms with E-state index in [1.807, 2.05) is 48.5 Å². The van der Waals surface area contributed by atoms with Gasteiger partial charge >= 0.3 is 0 Å². The Morgan fingerprint density at radius 2 is 1.96 bits per heavy atom. The number of rotatable bonds is 4. The molecule has 1 unspecified atom stereocenters. The predicted octanol–water partition coefficient (Wildman–Crippen LogP) is 4.03. The highest BCUT2D eigenvalue weighted by Gasteiger charge is 2.46. The average Bonchev–Trinajstić information content (AvgIpc) is 3.11. The fraction of sp³-hybridized carbons (Fsp3) is 0.150. The van der Waals surface area contributed by atoms with E-state index in [4.69, 9.17) is 11.6 Å². The maximum atomic E-state index is 12.9. The summed E-state index contributed by atoms with van der Waals surface area (Å²) in [5, 5.41) is 10.6. The van der Waals surface area contributed by atoms with E-state index in [9.17, 15) is 9.59 Å². The second kappa shape index (κ2) is 7.33. The van der Waals surface area contributed by atoms with Gasteiger partial charge in [-0.25, -0.2) is 0 Å². The van der Waals surface area contributed by atoms with E-state index in [0.717, 1.165) is 10.5 Å². The molecule has 0 aliphatic carbocycles. The zero-order chi connectivity index (χ0) is 19.7. The van der Waals surface area contributed by atoms with Gasteiger partial charge in [0.15, 0.2) is 10.6 Å². The molecule has 0 spiro atoms. The van der Waals surface area contributed by atoms with Crippen molar-refractivity contribution in [3.05, 3.63) is 71.4 Å². The van der Waals surface area contributed by atoms with Gasteiger partial charge < -0.3 is 10.6 Å². The van der Waals surface area contributed by atoms with Gasteiger partial charge in [0.05, 0.1) is 12.2 Å². The molecule has 142 valence electrons. The van der Waals surface area contributed by atoms with Gasteiger partial charge in [0.1, 0.15) is 0 Å². The van der Waals surface area contributed by atoms with Crippen LogP contribution < -0.4 is 10.6 Å². The summed E-state index contributed by atoms with van der Waals surface area (Å²) in [5.41, 5.74) is 1.64. The fourth-order valence-corrected chi connectivity index (χ4v) is 4.17. The summed E-state index contributed by atoms with van der Waals surface area (Å²) in [4.78, 5) is 26.3. The Morgan fingerprint density at radius 1 is 1.21 bits per heavy atom. The zero-order valence-corrected chi connectivity index (χ0v) is 16.6. The Kier molecular flexibility index (Phi) is 4.87. The molecule has 1 aromatic heterocycles. The van der Waals surface area contributed by atoms with Crippen LogP contribution in [0.4, 0.5) is 11.5 Å². The van der Waals surface area contributed by atoms with Gasteiger partial charge in [-0.1, -0.05) is 53.7 Å². The van der Waals surface area contributed by atoms with E-state index in [2.05, 4.69) is 15.7 Å². The molecule has 2 aromatic carbocycles. The highest BCUT2D eigenvalue weighted by Crippen LogP contribution is 2.42. The monoisotopic (exact) mass is 412 g/mol. The second-order valence-electron chi connectivity index (χ2n) is 6.53. The molecule has 1 aliphatic rings. The molecule has 3 aromatic rings. The van der Waals surface area contributed by atoms with E-state index in [1.54, 1.807) is 23.9 Å². The number of halogens is 1. The summed E-state index contributed by atoms with van der Waals surface area (Å²) in [6.07, 6.45) is 1.75. The SMILES string of the molecule is CC1(C(=O)Nc2ccn(Cc3ccccc3Cl)n2)Sc2ccccc2NC1=O. The number of thioether (sulfide) groups is 1. The number of hydrogen-bond acceptors (Lipinski definition) is 4. The molecule has 1 aliphatic heterocycles. The van der Waals surface area contributed by atoms with Gasteiger partial charge in [0, 0.05) is 22.2 Å². The van der Waals surface area contributed by atoms with Gasteiger partial charge in [0.2, 0.25) is 5.91 Å². The summed E-state index contributed by atoms with van der Waals surface area (Å²) < 4.78 is 0.392. The van der Waals surface area contributed by atoms with Crippen molar-refractivity contribution in [2.45, 2.75) is 23.1 Å². The van der Waals surface area contributed by atoms with Crippen molar-refractivity contribution >= 4 is 46.7 Å². The van der Waals surface area contributed by atoms with Gasteiger partial charge in [-0.15, -0.1) is 0 Å². The van der Waals surface area contributed by atoms with E-state index in [0.29, 0.717) is 23.1 Å². The molecule has 0 radical (unpaired) electrons. The first-order valence-corrected chi connectivity index (χ1v) is 9.83. The number of carbonyl (C=O) groups excluding carboxylic acids is 2. The smallest absolute Gasteiger partial charge is 0.251 e. The third-order valence-electron chi connectivity index (χ3n) is 4.49. The van der Waals surface area contributed by atoms with Crippen LogP contribution in [0.25, 0.3) is 0 Å². The Balaban J connectivity index is 1.49. The van der Waals surface area contributed by atoms with Crippen molar-refractivity contribution in [1.29, 1.82) is 0 Å². The molecule has 2 amide bonds. The molecule has 28 heavy (non-hydrogen) atoms. The second-order valence-corrected chi connectivity index (χ2v) is 8.40. The molecular formula is C20H17ClN4O2S. The molecule has 0 saturated heterocycles. The van der Waals surface area contributed by atoms with E-state index < -0.39 is 10.7 Å². The number of para-hydroxylation sites is 1. The van der Waals surface area contributed by atoms with Gasteiger partial charge in [0.25, 0.3) is 5.91 Å². The Bertz CT molecular complexity index is 1070. The van der Waals surface area contributed by atoms with Crippen LogP contribution >= 0.6 is 23.4 Å². The lowest BCUT2D eigenvalue weighted by Gasteiger charge is -2.31. The minimum atomic E-state index is -1.29. The maximum absolute atomic E-state index is 12.9. The van der Waals surface area contributed by atoms with Gasteiger partial charge in [-0.2, -0.15) is 5.10 Å². The minimum Gasteiger partial charge on any atom is -0.323 e. The van der Waals surface area contributed by atoms with E-state index in [1.165, 1.54) is 11.8 Å². The maximum Gasteiger partial charge on any atom is 0.251 e. The number of carbonyl (C=O) groups is 2. The Morgan fingerprint density at radius 3 is 2.79 bits per heavy atom. The molecule has 2 N–H and O–H groups in total. The van der Waals surface area contributed by atoms with Crippen LogP contribution in [0.5, 0.6) is 0 Å². The molecule has 8 heteroatoms. The first-order valence-electron chi connectivity index (χ1n) is 8.63. The van der Waals surface area contributed by atoms with Crippen LogP contribution in [0.3, 0.4) is 0 Å². The van der Waals surface area contributed by atoms with E-state index >= 15 is 0 Å². The normalized spacial score (nSPS) is 18.3. The minimum absolute atomic E-state index is 0.357. The quantitative estimate of drug-likeness (QED) is 0.634.